The van der Waals surface area contributed by atoms with Crippen LogP contribution in [0.5, 0.6) is 0 Å². The Labute approximate surface area is 77.4 Å². The Kier molecular flexibility index (Phi) is 2.09. The maximum absolute atomic E-state index is 9.44. The Bertz CT molecular complexity index is 289. The summed E-state index contributed by atoms with van der Waals surface area (Å²) in [6.07, 6.45) is 3.23. The van der Waals surface area contributed by atoms with E-state index in [1.165, 1.54) is 0 Å². The van der Waals surface area contributed by atoms with Gasteiger partial charge in [0.05, 0.1) is 17.8 Å². The number of aromatic nitrogens is 2. The third-order valence-corrected chi connectivity index (χ3v) is 2.62. The van der Waals surface area contributed by atoms with E-state index in [1.807, 2.05) is 10.7 Å². The SMILES string of the molecule is C[C@@H](O)c1ccnn1C1CC(N)C1. The Hall–Kier alpha value is -0.870. The molecule has 1 fully saturated rings. The molecule has 0 amide bonds. The van der Waals surface area contributed by atoms with Crippen molar-refractivity contribution < 1.29 is 5.11 Å². The third-order valence-electron chi connectivity index (χ3n) is 2.62. The fraction of sp³-hybridized carbons (Fsp3) is 0.667. The first-order valence-electron chi connectivity index (χ1n) is 4.65. The molecular weight excluding hydrogens is 166 g/mol. The van der Waals surface area contributed by atoms with E-state index in [0.29, 0.717) is 12.1 Å². The van der Waals surface area contributed by atoms with Crippen LogP contribution < -0.4 is 5.73 Å². The van der Waals surface area contributed by atoms with Crippen molar-refractivity contribution >= 4 is 0 Å². The molecule has 1 aromatic heterocycles. The van der Waals surface area contributed by atoms with E-state index >= 15 is 0 Å². The van der Waals surface area contributed by atoms with Gasteiger partial charge in [0.15, 0.2) is 0 Å². The van der Waals surface area contributed by atoms with Gasteiger partial charge in [-0.2, -0.15) is 5.10 Å². The van der Waals surface area contributed by atoms with E-state index < -0.39 is 6.10 Å². The van der Waals surface area contributed by atoms with E-state index in [2.05, 4.69) is 5.10 Å². The van der Waals surface area contributed by atoms with Crippen LogP contribution in [0.15, 0.2) is 12.3 Å². The smallest absolute Gasteiger partial charge is 0.0928 e. The molecule has 1 aromatic rings. The van der Waals surface area contributed by atoms with Crippen LogP contribution in [0.2, 0.25) is 0 Å². The first-order valence-corrected chi connectivity index (χ1v) is 4.65. The normalized spacial score (nSPS) is 29.8. The van der Waals surface area contributed by atoms with Crippen LogP contribution >= 0.6 is 0 Å². The molecular formula is C9H15N3O. The van der Waals surface area contributed by atoms with Crippen LogP contribution in [0.4, 0.5) is 0 Å². The fourth-order valence-electron chi connectivity index (χ4n) is 1.79. The summed E-state index contributed by atoms with van der Waals surface area (Å²) in [6, 6.07) is 2.57. The van der Waals surface area contributed by atoms with Gasteiger partial charge >= 0.3 is 0 Å². The van der Waals surface area contributed by atoms with Gasteiger partial charge in [-0.15, -0.1) is 0 Å². The molecule has 4 nitrogen and oxygen atoms in total. The summed E-state index contributed by atoms with van der Waals surface area (Å²) < 4.78 is 1.90. The molecule has 3 N–H and O–H groups in total. The summed E-state index contributed by atoms with van der Waals surface area (Å²) in [5.74, 6) is 0. The van der Waals surface area contributed by atoms with Crippen LogP contribution in [0.1, 0.15) is 37.6 Å². The van der Waals surface area contributed by atoms with Crippen LogP contribution in [0.3, 0.4) is 0 Å². The van der Waals surface area contributed by atoms with Crippen molar-refractivity contribution in [3.63, 3.8) is 0 Å². The molecule has 4 heteroatoms. The largest absolute Gasteiger partial charge is 0.387 e. The van der Waals surface area contributed by atoms with Gasteiger partial charge in [-0.1, -0.05) is 0 Å². The molecule has 0 radical (unpaired) electrons. The number of hydrogen-bond donors (Lipinski definition) is 2. The predicted molar refractivity (Wildman–Crippen MR) is 49.1 cm³/mol. The van der Waals surface area contributed by atoms with Gasteiger partial charge in [-0.05, 0) is 25.8 Å². The fourth-order valence-corrected chi connectivity index (χ4v) is 1.79. The van der Waals surface area contributed by atoms with Crippen molar-refractivity contribution in [2.75, 3.05) is 0 Å². The zero-order valence-electron chi connectivity index (χ0n) is 7.72. The van der Waals surface area contributed by atoms with E-state index in [-0.39, 0.29) is 0 Å². The van der Waals surface area contributed by atoms with Crippen molar-refractivity contribution in [2.24, 2.45) is 5.73 Å². The average Bonchev–Trinajstić information content (AvgIpc) is 2.45. The lowest BCUT2D eigenvalue weighted by Gasteiger charge is -2.33. The molecule has 0 aromatic carbocycles. The minimum absolute atomic E-state index is 0.316. The second kappa shape index (κ2) is 3.12. The lowest BCUT2D eigenvalue weighted by Crippen LogP contribution is -2.38. The first kappa shape index (κ1) is 8.72. The monoisotopic (exact) mass is 181 g/mol. The molecule has 1 aliphatic rings. The molecule has 0 unspecified atom stereocenters. The predicted octanol–water partition coefficient (Wildman–Crippen LogP) is 0.599. The van der Waals surface area contributed by atoms with Crippen molar-refractivity contribution in [3.8, 4) is 0 Å². The number of aliphatic hydroxyl groups is 1. The third kappa shape index (κ3) is 1.47. The zero-order valence-corrected chi connectivity index (χ0v) is 7.72. The maximum Gasteiger partial charge on any atom is 0.0928 e. The minimum atomic E-state index is -0.445. The summed E-state index contributed by atoms with van der Waals surface area (Å²) in [4.78, 5) is 0. The minimum Gasteiger partial charge on any atom is -0.387 e. The highest BCUT2D eigenvalue weighted by atomic mass is 16.3. The van der Waals surface area contributed by atoms with E-state index in [0.717, 1.165) is 18.5 Å². The van der Waals surface area contributed by atoms with Gasteiger partial charge in [0.1, 0.15) is 0 Å². The zero-order chi connectivity index (χ0) is 9.42. The summed E-state index contributed by atoms with van der Waals surface area (Å²) >= 11 is 0. The average molecular weight is 181 g/mol. The van der Waals surface area contributed by atoms with E-state index in [9.17, 15) is 5.11 Å². The second-order valence-corrected chi connectivity index (χ2v) is 3.76. The highest BCUT2D eigenvalue weighted by Crippen LogP contribution is 2.32. The summed E-state index contributed by atoms with van der Waals surface area (Å²) in [5.41, 5.74) is 6.58. The van der Waals surface area contributed by atoms with Crippen molar-refractivity contribution in [1.29, 1.82) is 0 Å². The first-order chi connectivity index (χ1) is 6.18. The summed E-state index contributed by atoms with van der Waals surface area (Å²) in [7, 11) is 0. The quantitative estimate of drug-likeness (QED) is 0.702. The Morgan fingerprint density at radius 2 is 2.38 bits per heavy atom. The highest BCUT2D eigenvalue weighted by Gasteiger charge is 2.29. The molecule has 0 saturated heterocycles. The molecule has 0 aliphatic heterocycles. The molecule has 2 rings (SSSR count). The topological polar surface area (TPSA) is 64.1 Å². The molecule has 1 heterocycles. The van der Waals surface area contributed by atoms with Gasteiger partial charge < -0.3 is 10.8 Å². The van der Waals surface area contributed by atoms with Gasteiger partial charge in [-0.3, -0.25) is 4.68 Å². The van der Waals surface area contributed by atoms with Gasteiger partial charge in [0.25, 0.3) is 0 Å². The summed E-state index contributed by atoms with van der Waals surface area (Å²) in [5, 5.41) is 13.6. The van der Waals surface area contributed by atoms with E-state index in [4.69, 9.17) is 5.73 Å². The molecule has 0 spiro atoms. The number of rotatable bonds is 2. The van der Waals surface area contributed by atoms with Gasteiger partial charge in [-0.25, -0.2) is 0 Å². The molecule has 13 heavy (non-hydrogen) atoms. The molecule has 0 bridgehead atoms. The molecule has 1 aliphatic carbocycles. The summed E-state index contributed by atoms with van der Waals surface area (Å²) in [6.45, 7) is 1.76. The lowest BCUT2D eigenvalue weighted by atomic mass is 9.87. The molecule has 72 valence electrons. The van der Waals surface area contributed by atoms with E-state index in [1.54, 1.807) is 13.1 Å². The van der Waals surface area contributed by atoms with Crippen molar-refractivity contribution in [2.45, 2.75) is 38.0 Å². The molecule has 1 atom stereocenters. The van der Waals surface area contributed by atoms with Crippen LogP contribution in [0, 0.1) is 0 Å². The maximum atomic E-state index is 9.44. The van der Waals surface area contributed by atoms with Crippen LogP contribution in [0.25, 0.3) is 0 Å². The Morgan fingerprint density at radius 1 is 1.69 bits per heavy atom. The van der Waals surface area contributed by atoms with Gasteiger partial charge in [0, 0.05) is 12.2 Å². The van der Waals surface area contributed by atoms with Crippen molar-refractivity contribution in [1.82, 2.24) is 9.78 Å². The number of hydrogen-bond acceptors (Lipinski definition) is 3. The number of aliphatic hydroxyl groups excluding tert-OH is 1. The van der Waals surface area contributed by atoms with Gasteiger partial charge in [0.2, 0.25) is 0 Å². The van der Waals surface area contributed by atoms with Crippen LogP contribution in [-0.4, -0.2) is 20.9 Å². The second-order valence-electron chi connectivity index (χ2n) is 3.76. The molecule has 1 saturated carbocycles. The Balaban J connectivity index is 2.16. The number of nitrogens with two attached hydrogens (primary N) is 1. The lowest BCUT2D eigenvalue weighted by molar-refractivity contribution is 0.166. The highest BCUT2D eigenvalue weighted by molar-refractivity contribution is 5.06. The van der Waals surface area contributed by atoms with Crippen molar-refractivity contribution in [3.05, 3.63) is 18.0 Å². The Morgan fingerprint density at radius 3 is 2.92 bits per heavy atom. The van der Waals surface area contributed by atoms with Crippen LogP contribution in [-0.2, 0) is 0 Å². The standard InChI is InChI=1S/C9H15N3O/c1-6(13)9-2-3-11-12(9)8-4-7(10)5-8/h2-3,6-8,13H,4-5,10H2,1H3/t6-,7?,8?/m1/s1. The number of nitrogens with zero attached hydrogens (tertiary/aromatic N) is 2.